The monoisotopic (exact) mass is 289 g/mol. The van der Waals surface area contributed by atoms with E-state index in [1.165, 1.54) is 4.90 Å². The van der Waals surface area contributed by atoms with Crippen molar-refractivity contribution >= 4 is 17.5 Å². The number of amides is 2. The number of benzene rings is 1. The van der Waals surface area contributed by atoms with E-state index in [0.717, 1.165) is 31.6 Å². The molecule has 1 aromatic carbocycles. The lowest BCUT2D eigenvalue weighted by Gasteiger charge is -2.25. The third-order valence-corrected chi connectivity index (χ3v) is 4.20. The van der Waals surface area contributed by atoms with Crippen LogP contribution in [0.5, 0.6) is 0 Å². The summed E-state index contributed by atoms with van der Waals surface area (Å²) >= 11 is 0. The fraction of sp³-hybridized carbons (Fsp3) is 0.500. The van der Waals surface area contributed by atoms with Crippen molar-refractivity contribution in [3.05, 3.63) is 29.8 Å². The van der Waals surface area contributed by atoms with Gasteiger partial charge in [-0.15, -0.1) is 0 Å². The van der Waals surface area contributed by atoms with Gasteiger partial charge in [0, 0.05) is 31.9 Å². The lowest BCUT2D eigenvalue weighted by Crippen LogP contribution is -2.37. The molecule has 1 aromatic rings. The molecular weight excluding hydrogens is 266 g/mol. The molecular formula is C16H23N3O2. The van der Waals surface area contributed by atoms with Crippen molar-refractivity contribution in [2.45, 2.75) is 19.8 Å². The van der Waals surface area contributed by atoms with E-state index >= 15 is 0 Å². The second kappa shape index (κ2) is 6.26. The molecule has 0 radical (unpaired) electrons. The van der Waals surface area contributed by atoms with E-state index in [0.29, 0.717) is 5.56 Å². The molecule has 1 aliphatic rings. The van der Waals surface area contributed by atoms with Crippen LogP contribution in [0.25, 0.3) is 0 Å². The van der Waals surface area contributed by atoms with Crippen LogP contribution in [0.15, 0.2) is 24.3 Å². The van der Waals surface area contributed by atoms with Gasteiger partial charge in [-0.1, -0.05) is 6.92 Å². The number of nitrogens with one attached hydrogen (secondary N) is 2. The molecule has 1 aliphatic heterocycles. The summed E-state index contributed by atoms with van der Waals surface area (Å²) in [6.45, 7) is 3.66. The first-order valence-electron chi connectivity index (χ1n) is 7.32. The predicted octanol–water partition coefficient (Wildman–Crippen LogP) is 1.72. The summed E-state index contributed by atoms with van der Waals surface area (Å²) in [5.74, 6) is 0.0135. The number of carbonyl (C=O) groups is 2. The Bertz CT molecular complexity index is 517. The topological polar surface area (TPSA) is 61.4 Å². The largest absolute Gasteiger partial charge is 0.345 e. The van der Waals surface area contributed by atoms with Gasteiger partial charge in [0.2, 0.25) is 5.91 Å². The molecule has 1 heterocycles. The highest BCUT2D eigenvalue weighted by Gasteiger charge is 2.39. The van der Waals surface area contributed by atoms with Crippen LogP contribution < -0.4 is 10.6 Å². The van der Waals surface area contributed by atoms with Crippen LogP contribution in [-0.2, 0) is 4.79 Å². The van der Waals surface area contributed by atoms with Crippen molar-refractivity contribution in [2.75, 3.05) is 32.5 Å². The fourth-order valence-corrected chi connectivity index (χ4v) is 2.62. The Morgan fingerprint density at radius 3 is 2.43 bits per heavy atom. The summed E-state index contributed by atoms with van der Waals surface area (Å²) < 4.78 is 0. The van der Waals surface area contributed by atoms with Crippen LogP contribution in [-0.4, -0.2) is 43.9 Å². The molecule has 5 heteroatoms. The molecule has 1 saturated heterocycles. The minimum atomic E-state index is -0.307. The van der Waals surface area contributed by atoms with Crippen LogP contribution in [0.4, 0.5) is 5.69 Å². The van der Waals surface area contributed by atoms with Crippen molar-refractivity contribution < 1.29 is 9.59 Å². The molecule has 0 spiro atoms. The second-order valence-corrected chi connectivity index (χ2v) is 5.79. The van der Waals surface area contributed by atoms with Gasteiger partial charge in [0.05, 0.1) is 5.41 Å². The molecule has 114 valence electrons. The van der Waals surface area contributed by atoms with E-state index in [2.05, 4.69) is 10.6 Å². The summed E-state index contributed by atoms with van der Waals surface area (Å²) in [4.78, 5) is 25.8. The first-order chi connectivity index (χ1) is 9.98. The predicted molar refractivity (Wildman–Crippen MR) is 83.3 cm³/mol. The summed E-state index contributed by atoms with van der Waals surface area (Å²) in [6.07, 6.45) is 1.69. The second-order valence-electron chi connectivity index (χ2n) is 5.79. The number of rotatable bonds is 4. The molecule has 2 amide bonds. The van der Waals surface area contributed by atoms with Crippen LogP contribution >= 0.6 is 0 Å². The van der Waals surface area contributed by atoms with Crippen LogP contribution in [0.2, 0.25) is 0 Å². The molecule has 1 atom stereocenters. The zero-order valence-corrected chi connectivity index (χ0v) is 12.9. The lowest BCUT2D eigenvalue weighted by molar-refractivity contribution is -0.124. The Hall–Kier alpha value is -1.88. The summed E-state index contributed by atoms with van der Waals surface area (Å²) in [5, 5.41) is 6.22. The summed E-state index contributed by atoms with van der Waals surface area (Å²) in [7, 11) is 3.44. The SMILES string of the molecule is CCC1(C(=O)Nc2ccc(C(=O)N(C)C)cc2)CCNC1. The molecule has 0 aliphatic carbocycles. The molecule has 0 saturated carbocycles. The number of anilines is 1. The molecule has 5 nitrogen and oxygen atoms in total. The first-order valence-corrected chi connectivity index (χ1v) is 7.32. The third-order valence-electron chi connectivity index (χ3n) is 4.20. The van der Waals surface area contributed by atoms with E-state index in [-0.39, 0.29) is 17.2 Å². The van der Waals surface area contributed by atoms with E-state index in [4.69, 9.17) is 0 Å². The molecule has 2 N–H and O–H groups in total. The quantitative estimate of drug-likeness (QED) is 0.887. The van der Waals surface area contributed by atoms with Crippen molar-refractivity contribution in [2.24, 2.45) is 5.41 Å². The van der Waals surface area contributed by atoms with Gasteiger partial charge in [0.1, 0.15) is 0 Å². The van der Waals surface area contributed by atoms with Gasteiger partial charge >= 0.3 is 0 Å². The average molecular weight is 289 g/mol. The first kappa shape index (κ1) is 15.5. The normalized spacial score (nSPS) is 21.1. The average Bonchev–Trinajstić information content (AvgIpc) is 2.97. The van der Waals surface area contributed by atoms with Gasteiger partial charge in [0.15, 0.2) is 0 Å². The summed E-state index contributed by atoms with van der Waals surface area (Å²) in [5.41, 5.74) is 1.04. The molecule has 21 heavy (non-hydrogen) atoms. The minimum Gasteiger partial charge on any atom is -0.345 e. The van der Waals surface area contributed by atoms with E-state index in [1.54, 1.807) is 38.4 Å². The van der Waals surface area contributed by atoms with Crippen molar-refractivity contribution in [3.8, 4) is 0 Å². The Balaban J connectivity index is 2.06. The number of hydrogen-bond acceptors (Lipinski definition) is 3. The highest BCUT2D eigenvalue weighted by Crippen LogP contribution is 2.31. The van der Waals surface area contributed by atoms with E-state index in [9.17, 15) is 9.59 Å². The Morgan fingerprint density at radius 2 is 1.95 bits per heavy atom. The van der Waals surface area contributed by atoms with Gasteiger partial charge in [-0.25, -0.2) is 0 Å². The lowest BCUT2D eigenvalue weighted by atomic mass is 9.83. The van der Waals surface area contributed by atoms with Crippen molar-refractivity contribution in [1.82, 2.24) is 10.2 Å². The van der Waals surface area contributed by atoms with Gasteiger partial charge in [-0.3, -0.25) is 9.59 Å². The standard InChI is InChI=1S/C16H23N3O2/c1-4-16(9-10-17-11-16)15(21)18-13-7-5-12(6-8-13)14(20)19(2)3/h5-8,17H,4,9-11H2,1-3H3,(H,18,21). The van der Waals surface area contributed by atoms with Gasteiger partial charge in [-0.2, -0.15) is 0 Å². The number of nitrogens with zero attached hydrogens (tertiary/aromatic N) is 1. The van der Waals surface area contributed by atoms with Crippen LogP contribution in [0, 0.1) is 5.41 Å². The molecule has 0 aromatic heterocycles. The van der Waals surface area contributed by atoms with Gasteiger partial charge in [0.25, 0.3) is 5.91 Å². The minimum absolute atomic E-state index is 0.0436. The van der Waals surface area contributed by atoms with Crippen molar-refractivity contribution in [3.63, 3.8) is 0 Å². The van der Waals surface area contributed by atoms with Crippen LogP contribution in [0.1, 0.15) is 30.1 Å². The van der Waals surface area contributed by atoms with E-state index in [1.807, 2.05) is 6.92 Å². The number of hydrogen-bond donors (Lipinski definition) is 2. The highest BCUT2D eigenvalue weighted by atomic mass is 16.2. The van der Waals surface area contributed by atoms with Crippen LogP contribution in [0.3, 0.4) is 0 Å². The zero-order valence-electron chi connectivity index (χ0n) is 12.9. The molecule has 1 fully saturated rings. The molecule has 2 rings (SSSR count). The summed E-state index contributed by atoms with van der Waals surface area (Å²) in [6, 6.07) is 7.04. The Kier molecular flexibility index (Phi) is 4.63. The van der Waals surface area contributed by atoms with Crippen molar-refractivity contribution in [1.29, 1.82) is 0 Å². The van der Waals surface area contributed by atoms with Gasteiger partial charge in [-0.05, 0) is 43.7 Å². The Labute approximate surface area is 125 Å². The third kappa shape index (κ3) is 3.24. The maximum atomic E-state index is 12.5. The zero-order chi connectivity index (χ0) is 15.5. The smallest absolute Gasteiger partial charge is 0.253 e. The fourth-order valence-electron chi connectivity index (χ4n) is 2.62. The maximum absolute atomic E-state index is 12.5. The Morgan fingerprint density at radius 1 is 1.29 bits per heavy atom. The maximum Gasteiger partial charge on any atom is 0.253 e. The van der Waals surface area contributed by atoms with Gasteiger partial charge < -0.3 is 15.5 Å². The molecule has 0 bridgehead atoms. The highest BCUT2D eigenvalue weighted by molar-refractivity contribution is 5.97. The molecule has 1 unspecified atom stereocenters. The number of carbonyl (C=O) groups excluding carboxylic acids is 2. The van der Waals surface area contributed by atoms with E-state index < -0.39 is 0 Å².